The van der Waals surface area contributed by atoms with E-state index in [0.717, 1.165) is 0 Å². The molecule has 0 amide bonds. The summed E-state index contributed by atoms with van der Waals surface area (Å²) < 4.78 is 4.43. The molecule has 19 heavy (non-hydrogen) atoms. The van der Waals surface area contributed by atoms with Crippen molar-refractivity contribution in [2.45, 2.75) is 6.10 Å². The molecule has 1 N–H and O–H groups in total. The molecule has 0 aliphatic heterocycles. The van der Waals surface area contributed by atoms with E-state index < -0.39 is 12.1 Å². The zero-order valence-corrected chi connectivity index (χ0v) is 11.7. The quantitative estimate of drug-likeness (QED) is 0.488. The summed E-state index contributed by atoms with van der Waals surface area (Å²) >= 11 is 0. The Balaban J connectivity index is 0.000000454. The average Bonchev–Trinajstić information content (AvgIpc) is 3.09. The van der Waals surface area contributed by atoms with E-state index in [1.807, 2.05) is 32.1 Å². The molecular weight excluding hydrogens is 284 g/mol. The molecule has 4 heteroatoms. The number of ether oxygens (including phenoxy) is 1. The monoisotopic (exact) mass is 300 g/mol. The molecule has 0 heterocycles. The molecule has 2 fully saturated rings. The van der Waals surface area contributed by atoms with Crippen LogP contribution in [0.2, 0.25) is 0 Å². The molecule has 100 valence electrons. The summed E-state index contributed by atoms with van der Waals surface area (Å²) in [6, 6.07) is 0. The molecule has 3 nitrogen and oxygen atoms in total. The fourth-order valence-electron chi connectivity index (χ4n) is 1.34. The number of rotatable bonds is 3. The molecule has 2 aliphatic carbocycles. The number of carbonyl (C=O) groups excluding carboxylic acids is 1. The third kappa shape index (κ3) is 6.60. The van der Waals surface area contributed by atoms with Gasteiger partial charge in [0.25, 0.3) is 0 Å². The van der Waals surface area contributed by atoms with Gasteiger partial charge in [-0.15, -0.1) is 0 Å². The minimum Gasteiger partial charge on any atom is -0.466 e. The molecule has 0 aromatic heterocycles. The Morgan fingerprint density at radius 3 is 1.89 bits per heavy atom. The van der Waals surface area contributed by atoms with Gasteiger partial charge in [0, 0.05) is 5.92 Å². The maximum Gasteiger partial charge on any atom is 2.00 e. The van der Waals surface area contributed by atoms with Crippen molar-refractivity contribution in [3.05, 3.63) is 75.9 Å². The van der Waals surface area contributed by atoms with Gasteiger partial charge in [0.15, 0.2) is 0 Å². The second-order valence-electron chi connectivity index (χ2n) is 3.60. The van der Waals surface area contributed by atoms with Gasteiger partial charge >= 0.3 is 23.0 Å². The van der Waals surface area contributed by atoms with Crippen LogP contribution >= 0.6 is 0 Å². The number of aliphatic hydroxyl groups is 1. The number of esters is 1. The number of hydrogen-bond acceptors (Lipinski definition) is 3. The van der Waals surface area contributed by atoms with Crippen molar-refractivity contribution < 1.29 is 31.7 Å². The van der Waals surface area contributed by atoms with Crippen molar-refractivity contribution in [3.63, 3.8) is 0 Å². The summed E-state index contributed by atoms with van der Waals surface area (Å²) in [5.74, 6) is 0.0594. The first-order valence-corrected chi connectivity index (χ1v) is 5.50. The average molecular weight is 300 g/mol. The zero-order chi connectivity index (χ0) is 13.4. The standard InChI is InChI=1S/C10H11O3.C5H5.Fe/c1-7(10(12)13-2)9(11)8-5-3-4-6-8;1-2-4-5-3-1;/h3-6,9,11H,1H2,2H3;1-5H;/q;;+2. The number of methoxy groups -OCH3 is 1. The maximum absolute atomic E-state index is 11.0. The van der Waals surface area contributed by atoms with E-state index in [0.29, 0.717) is 5.92 Å². The van der Waals surface area contributed by atoms with E-state index in [1.54, 1.807) is 25.7 Å². The second kappa shape index (κ2) is 10.5. The van der Waals surface area contributed by atoms with Crippen LogP contribution in [-0.2, 0) is 26.6 Å². The summed E-state index contributed by atoms with van der Waals surface area (Å²) in [5, 5.41) is 9.58. The smallest absolute Gasteiger partial charge is 0.466 e. The SMILES string of the molecule is C=C(C(=O)OC)C(O)[C]1[CH][CH][CH][CH]1.[CH]1[CH][CH][CH][CH]1.[Fe+2]. The third-order valence-corrected chi connectivity index (χ3v) is 2.34. The van der Waals surface area contributed by atoms with Crippen LogP contribution in [0.3, 0.4) is 0 Å². The van der Waals surface area contributed by atoms with Gasteiger partial charge in [-0.2, -0.15) is 0 Å². The van der Waals surface area contributed by atoms with E-state index in [4.69, 9.17) is 0 Å². The first-order valence-electron chi connectivity index (χ1n) is 5.50. The maximum atomic E-state index is 11.0. The first kappa shape index (κ1) is 18.7. The molecule has 0 aromatic rings. The van der Waals surface area contributed by atoms with E-state index in [9.17, 15) is 9.90 Å². The number of aliphatic hydroxyl groups excluding tert-OH is 1. The molecule has 2 saturated carbocycles. The van der Waals surface area contributed by atoms with Crippen LogP contribution in [0, 0.1) is 63.7 Å². The van der Waals surface area contributed by atoms with Crippen molar-refractivity contribution in [3.8, 4) is 0 Å². The second-order valence-corrected chi connectivity index (χ2v) is 3.60. The van der Waals surface area contributed by atoms with Gasteiger partial charge in [-0.25, -0.2) is 4.79 Å². The Morgan fingerprint density at radius 2 is 1.53 bits per heavy atom. The number of carbonyl (C=O) groups is 1. The van der Waals surface area contributed by atoms with Gasteiger partial charge in [0.1, 0.15) is 0 Å². The Labute approximate surface area is 127 Å². The summed E-state index contributed by atoms with van der Waals surface area (Å²) in [6.07, 6.45) is 16.0. The van der Waals surface area contributed by atoms with Crippen molar-refractivity contribution >= 4 is 5.97 Å². The number of hydrogen-bond donors (Lipinski definition) is 1. The summed E-state index contributed by atoms with van der Waals surface area (Å²) in [7, 11) is 1.26. The van der Waals surface area contributed by atoms with E-state index in [-0.39, 0.29) is 22.6 Å². The molecule has 10 radical (unpaired) electrons. The van der Waals surface area contributed by atoms with Crippen LogP contribution in [0.15, 0.2) is 12.2 Å². The van der Waals surface area contributed by atoms with Gasteiger partial charge in [0.05, 0.1) is 18.8 Å². The molecule has 0 saturated heterocycles. The summed E-state index contributed by atoms with van der Waals surface area (Å²) in [6.45, 7) is 3.46. The zero-order valence-electron chi connectivity index (χ0n) is 10.6. The van der Waals surface area contributed by atoms with Crippen molar-refractivity contribution in [1.29, 1.82) is 0 Å². The van der Waals surface area contributed by atoms with Crippen LogP contribution in [0.1, 0.15) is 0 Å². The fraction of sp³-hybridized carbons (Fsp3) is 0.133. The molecule has 2 aliphatic rings. The summed E-state index contributed by atoms with van der Waals surface area (Å²) in [4.78, 5) is 11.0. The molecule has 1 atom stereocenters. The molecular formula is C15H16FeO3+2. The molecule has 0 bridgehead atoms. The fourth-order valence-corrected chi connectivity index (χ4v) is 1.34. The van der Waals surface area contributed by atoms with Crippen molar-refractivity contribution in [2.24, 2.45) is 0 Å². The van der Waals surface area contributed by atoms with Crippen LogP contribution in [0.5, 0.6) is 0 Å². The first-order chi connectivity index (χ1) is 8.66. The largest absolute Gasteiger partial charge is 2.00 e. The topological polar surface area (TPSA) is 46.5 Å². The molecule has 2 rings (SSSR count). The Kier molecular flexibility index (Phi) is 10.3. The van der Waals surface area contributed by atoms with Crippen LogP contribution in [0.4, 0.5) is 0 Å². The Hall–Kier alpha value is -0.311. The predicted molar refractivity (Wildman–Crippen MR) is 69.1 cm³/mol. The summed E-state index contributed by atoms with van der Waals surface area (Å²) in [5.41, 5.74) is 0.0497. The van der Waals surface area contributed by atoms with Crippen molar-refractivity contribution in [1.82, 2.24) is 0 Å². The molecule has 0 aromatic carbocycles. The Bertz CT molecular complexity index is 261. The predicted octanol–water partition coefficient (Wildman–Crippen LogP) is 1.50. The normalized spacial score (nSPS) is 19.9. The van der Waals surface area contributed by atoms with Gasteiger partial charge < -0.3 is 9.84 Å². The van der Waals surface area contributed by atoms with Crippen LogP contribution in [0.25, 0.3) is 0 Å². The Morgan fingerprint density at radius 1 is 1.11 bits per heavy atom. The van der Waals surface area contributed by atoms with Crippen LogP contribution in [-0.4, -0.2) is 24.3 Å². The van der Waals surface area contributed by atoms with E-state index in [2.05, 4.69) is 11.3 Å². The minimum atomic E-state index is -0.970. The van der Waals surface area contributed by atoms with Crippen molar-refractivity contribution in [2.75, 3.05) is 7.11 Å². The van der Waals surface area contributed by atoms with Gasteiger partial charge in [-0.3, -0.25) is 0 Å². The van der Waals surface area contributed by atoms with Gasteiger partial charge in [0.2, 0.25) is 0 Å². The minimum absolute atomic E-state index is 0. The van der Waals surface area contributed by atoms with Crippen LogP contribution < -0.4 is 0 Å². The van der Waals surface area contributed by atoms with E-state index in [1.165, 1.54) is 7.11 Å². The van der Waals surface area contributed by atoms with Gasteiger partial charge in [-0.1, -0.05) is 6.58 Å². The van der Waals surface area contributed by atoms with E-state index >= 15 is 0 Å². The molecule has 1 unspecified atom stereocenters. The third-order valence-electron chi connectivity index (χ3n) is 2.34. The van der Waals surface area contributed by atoms with Gasteiger partial charge in [-0.05, 0) is 57.8 Å². The molecule has 0 spiro atoms.